The minimum absolute atomic E-state index is 0.226. The molecule has 0 saturated carbocycles. The summed E-state index contributed by atoms with van der Waals surface area (Å²) in [5.41, 5.74) is 0.226. The van der Waals surface area contributed by atoms with Gasteiger partial charge in [-0.25, -0.2) is 0 Å². The molecule has 0 radical (unpaired) electrons. The Bertz CT molecular complexity index is 311. The van der Waals surface area contributed by atoms with Crippen molar-refractivity contribution < 1.29 is 18.9 Å². The summed E-state index contributed by atoms with van der Waals surface area (Å²) >= 11 is 0. The second kappa shape index (κ2) is 12.3. The first-order valence-electron chi connectivity index (χ1n) is 10.6. The lowest BCUT2D eigenvalue weighted by molar-refractivity contribution is -0.407. The molecule has 0 aliphatic carbocycles. The molecule has 1 fully saturated rings. The van der Waals surface area contributed by atoms with Gasteiger partial charge in [-0.1, -0.05) is 52.4 Å². The van der Waals surface area contributed by atoms with Gasteiger partial charge in [-0.2, -0.15) is 0 Å². The maximum absolute atomic E-state index is 6.10. The summed E-state index contributed by atoms with van der Waals surface area (Å²) in [6.45, 7) is 14.1. The third-order valence-corrected chi connectivity index (χ3v) is 5.08. The SMILES string of the molecule is CCCCCCCCC(CC1(C)COC1)C(OCC)(OCC)OCC. The molecule has 1 unspecified atom stereocenters. The predicted molar refractivity (Wildman–Crippen MR) is 103 cm³/mol. The number of ether oxygens (including phenoxy) is 4. The van der Waals surface area contributed by atoms with E-state index in [1.165, 1.54) is 38.5 Å². The fourth-order valence-corrected chi connectivity index (χ4v) is 3.82. The van der Waals surface area contributed by atoms with E-state index >= 15 is 0 Å². The van der Waals surface area contributed by atoms with Crippen LogP contribution in [0.15, 0.2) is 0 Å². The van der Waals surface area contributed by atoms with Crippen molar-refractivity contribution in [3.8, 4) is 0 Å². The highest BCUT2D eigenvalue weighted by atomic mass is 16.9. The second-order valence-electron chi connectivity index (χ2n) is 7.66. The topological polar surface area (TPSA) is 36.9 Å². The smallest absolute Gasteiger partial charge is 0.285 e. The van der Waals surface area contributed by atoms with Gasteiger partial charge in [0.2, 0.25) is 0 Å². The molecule has 0 aromatic rings. The molecule has 1 saturated heterocycles. The van der Waals surface area contributed by atoms with Crippen LogP contribution in [0.5, 0.6) is 0 Å². The van der Waals surface area contributed by atoms with Crippen molar-refractivity contribution in [2.45, 2.75) is 92.0 Å². The van der Waals surface area contributed by atoms with E-state index in [0.29, 0.717) is 19.8 Å². The monoisotopic (exact) mass is 358 g/mol. The first-order valence-corrected chi connectivity index (χ1v) is 10.6. The van der Waals surface area contributed by atoms with Crippen LogP contribution in [0.3, 0.4) is 0 Å². The van der Waals surface area contributed by atoms with Crippen LogP contribution >= 0.6 is 0 Å². The lowest BCUT2D eigenvalue weighted by Crippen LogP contribution is -2.51. The van der Waals surface area contributed by atoms with E-state index in [4.69, 9.17) is 18.9 Å². The summed E-state index contributed by atoms with van der Waals surface area (Å²) in [5.74, 6) is -0.660. The lowest BCUT2D eigenvalue weighted by Gasteiger charge is -2.46. The third kappa shape index (κ3) is 7.54. The van der Waals surface area contributed by atoms with E-state index in [-0.39, 0.29) is 11.3 Å². The Morgan fingerprint density at radius 3 is 1.80 bits per heavy atom. The highest BCUT2D eigenvalue weighted by Gasteiger charge is 2.47. The standard InChI is InChI=1S/C21H42O4/c1-6-10-11-12-13-14-15-19(16-20(5)17-22-18-20)21(23-7-2,24-8-3)25-9-4/h19H,6-18H2,1-5H3. The highest BCUT2D eigenvalue weighted by molar-refractivity contribution is 4.87. The number of rotatable bonds is 16. The van der Waals surface area contributed by atoms with Gasteiger partial charge in [-0.15, -0.1) is 0 Å². The Labute approximate surface area is 155 Å². The average molecular weight is 359 g/mol. The van der Waals surface area contributed by atoms with Crippen LogP contribution in [0.2, 0.25) is 0 Å². The Kier molecular flexibility index (Phi) is 11.2. The average Bonchev–Trinajstić information content (AvgIpc) is 2.56. The summed E-state index contributed by atoms with van der Waals surface area (Å²) in [5, 5.41) is 0. The van der Waals surface area contributed by atoms with E-state index < -0.39 is 5.97 Å². The molecule has 1 rings (SSSR count). The van der Waals surface area contributed by atoms with Crippen molar-refractivity contribution in [1.29, 1.82) is 0 Å². The first-order chi connectivity index (χ1) is 12.1. The molecule has 0 spiro atoms. The van der Waals surface area contributed by atoms with Crippen LogP contribution in [-0.2, 0) is 18.9 Å². The molecule has 1 atom stereocenters. The Balaban J connectivity index is 2.73. The highest BCUT2D eigenvalue weighted by Crippen LogP contribution is 2.42. The van der Waals surface area contributed by atoms with Gasteiger partial charge in [-0.05, 0) is 33.6 Å². The maximum Gasteiger partial charge on any atom is 0.285 e. The summed E-state index contributed by atoms with van der Waals surface area (Å²) in [6.07, 6.45) is 9.92. The van der Waals surface area contributed by atoms with Crippen LogP contribution in [0, 0.1) is 11.3 Å². The van der Waals surface area contributed by atoms with Gasteiger partial charge in [0.15, 0.2) is 0 Å². The normalized spacial score (nSPS) is 18.1. The minimum atomic E-state index is -0.903. The van der Waals surface area contributed by atoms with E-state index in [0.717, 1.165) is 26.1 Å². The van der Waals surface area contributed by atoms with Crippen LogP contribution in [0.25, 0.3) is 0 Å². The minimum Gasteiger partial charge on any atom is -0.380 e. The van der Waals surface area contributed by atoms with Gasteiger partial charge in [0.05, 0.1) is 13.2 Å². The van der Waals surface area contributed by atoms with Crippen molar-refractivity contribution in [2.75, 3.05) is 33.0 Å². The quantitative estimate of drug-likeness (QED) is 0.268. The molecule has 4 heteroatoms. The van der Waals surface area contributed by atoms with Crippen molar-refractivity contribution in [3.05, 3.63) is 0 Å². The summed E-state index contributed by atoms with van der Waals surface area (Å²) in [7, 11) is 0. The lowest BCUT2D eigenvalue weighted by atomic mass is 9.76. The Morgan fingerprint density at radius 1 is 0.840 bits per heavy atom. The third-order valence-electron chi connectivity index (χ3n) is 5.08. The Hall–Kier alpha value is -0.160. The van der Waals surface area contributed by atoms with Crippen LogP contribution in [0.1, 0.15) is 86.0 Å². The van der Waals surface area contributed by atoms with Gasteiger partial charge in [0.1, 0.15) is 0 Å². The molecule has 0 aromatic carbocycles. The van der Waals surface area contributed by atoms with E-state index in [1.807, 2.05) is 20.8 Å². The molecule has 1 heterocycles. The number of hydrogen-bond donors (Lipinski definition) is 0. The van der Waals surface area contributed by atoms with Gasteiger partial charge >= 0.3 is 0 Å². The molecule has 0 aromatic heterocycles. The van der Waals surface area contributed by atoms with Gasteiger partial charge in [-0.3, -0.25) is 0 Å². The zero-order valence-electron chi connectivity index (χ0n) is 17.4. The van der Waals surface area contributed by atoms with Crippen molar-refractivity contribution in [2.24, 2.45) is 11.3 Å². The van der Waals surface area contributed by atoms with Crippen LogP contribution in [0.4, 0.5) is 0 Å². The Morgan fingerprint density at radius 2 is 1.36 bits per heavy atom. The van der Waals surface area contributed by atoms with E-state index in [2.05, 4.69) is 13.8 Å². The molecular formula is C21H42O4. The molecule has 0 amide bonds. The first kappa shape index (κ1) is 22.9. The zero-order chi connectivity index (χ0) is 18.6. The largest absolute Gasteiger partial charge is 0.380 e. The van der Waals surface area contributed by atoms with Crippen molar-refractivity contribution in [3.63, 3.8) is 0 Å². The van der Waals surface area contributed by atoms with Gasteiger partial charge < -0.3 is 18.9 Å². The van der Waals surface area contributed by atoms with Crippen molar-refractivity contribution in [1.82, 2.24) is 0 Å². The fraction of sp³-hybridized carbons (Fsp3) is 1.00. The molecule has 1 aliphatic rings. The number of hydrogen-bond acceptors (Lipinski definition) is 4. The number of unbranched alkanes of at least 4 members (excludes halogenated alkanes) is 5. The molecule has 0 bridgehead atoms. The molecule has 25 heavy (non-hydrogen) atoms. The maximum atomic E-state index is 6.10. The van der Waals surface area contributed by atoms with Crippen LogP contribution < -0.4 is 0 Å². The van der Waals surface area contributed by atoms with E-state index in [1.54, 1.807) is 0 Å². The summed E-state index contributed by atoms with van der Waals surface area (Å²) in [6, 6.07) is 0. The van der Waals surface area contributed by atoms with Crippen LogP contribution in [-0.4, -0.2) is 39.0 Å². The fourth-order valence-electron chi connectivity index (χ4n) is 3.82. The second-order valence-corrected chi connectivity index (χ2v) is 7.66. The summed E-state index contributed by atoms with van der Waals surface area (Å²) < 4.78 is 23.8. The molecule has 1 aliphatic heterocycles. The zero-order valence-corrected chi connectivity index (χ0v) is 17.4. The molecule has 150 valence electrons. The molecule has 4 nitrogen and oxygen atoms in total. The molecule has 0 N–H and O–H groups in total. The summed E-state index contributed by atoms with van der Waals surface area (Å²) in [4.78, 5) is 0. The van der Waals surface area contributed by atoms with Gasteiger partial charge in [0.25, 0.3) is 5.97 Å². The van der Waals surface area contributed by atoms with Gasteiger partial charge in [0, 0.05) is 31.2 Å². The molecular weight excluding hydrogens is 316 g/mol. The van der Waals surface area contributed by atoms with Crippen molar-refractivity contribution >= 4 is 0 Å². The predicted octanol–water partition coefficient (Wildman–Crippen LogP) is 5.54. The van der Waals surface area contributed by atoms with E-state index in [9.17, 15) is 0 Å².